The fourth-order valence-electron chi connectivity index (χ4n) is 3.98. The molecule has 0 amide bonds. The van der Waals surface area contributed by atoms with E-state index in [1.54, 1.807) is 0 Å². The summed E-state index contributed by atoms with van der Waals surface area (Å²) in [5, 5.41) is 1.13. The van der Waals surface area contributed by atoms with Crippen LogP contribution in [0.25, 0.3) is 22.2 Å². The molecule has 2 aliphatic rings. The molecule has 0 radical (unpaired) electrons. The zero-order chi connectivity index (χ0) is 18.2. The summed E-state index contributed by atoms with van der Waals surface area (Å²) in [5.41, 5.74) is 3.15. The molecular formula is C19H22ClN5O2. The molecule has 0 aromatic carbocycles. The number of halogens is 1. The number of ether oxygens (including phenoxy) is 1. The summed E-state index contributed by atoms with van der Waals surface area (Å²) in [7, 11) is 0. The van der Waals surface area contributed by atoms with Gasteiger partial charge in [0.05, 0.1) is 18.6 Å². The lowest BCUT2D eigenvalue weighted by atomic mass is 10.1. The smallest absolute Gasteiger partial charge is 0.229 e. The van der Waals surface area contributed by atoms with Crippen LogP contribution in [0.15, 0.2) is 16.7 Å². The summed E-state index contributed by atoms with van der Waals surface area (Å²) in [6.07, 6.45) is 5.79. The van der Waals surface area contributed by atoms with Gasteiger partial charge >= 0.3 is 0 Å². The highest BCUT2D eigenvalue weighted by atomic mass is 35.5. The Bertz CT molecular complexity index is 964. The average molecular weight is 388 g/mol. The number of fused-ring (bicyclic) bond motifs is 3. The van der Waals surface area contributed by atoms with Gasteiger partial charge in [-0.15, -0.1) is 0 Å². The van der Waals surface area contributed by atoms with E-state index in [1.807, 2.05) is 6.20 Å². The fourth-order valence-corrected chi connectivity index (χ4v) is 4.15. The molecule has 0 unspecified atom stereocenters. The highest BCUT2D eigenvalue weighted by molar-refractivity contribution is 6.29. The van der Waals surface area contributed by atoms with Gasteiger partial charge in [-0.2, -0.15) is 4.98 Å². The summed E-state index contributed by atoms with van der Waals surface area (Å²) >= 11 is 6.25. The van der Waals surface area contributed by atoms with Gasteiger partial charge in [0.1, 0.15) is 5.52 Å². The normalized spacial score (nSPS) is 19.2. The van der Waals surface area contributed by atoms with Crippen molar-refractivity contribution in [3.05, 3.63) is 23.1 Å². The van der Waals surface area contributed by atoms with E-state index in [0.29, 0.717) is 24.5 Å². The van der Waals surface area contributed by atoms with Crippen LogP contribution < -0.4 is 4.90 Å². The highest BCUT2D eigenvalue weighted by Crippen LogP contribution is 2.34. The fraction of sp³-hybridized carbons (Fsp3) is 0.526. The van der Waals surface area contributed by atoms with E-state index >= 15 is 0 Å². The monoisotopic (exact) mass is 387 g/mol. The number of furan rings is 1. The van der Waals surface area contributed by atoms with Crippen molar-refractivity contribution in [2.75, 3.05) is 44.3 Å². The molecule has 8 heteroatoms. The van der Waals surface area contributed by atoms with Gasteiger partial charge in [0.2, 0.25) is 11.0 Å². The van der Waals surface area contributed by atoms with Crippen LogP contribution in [0, 0.1) is 0 Å². The Morgan fingerprint density at radius 1 is 1.04 bits per heavy atom. The molecule has 27 heavy (non-hydrogen) atoms. The summed E-state index contributed by atoms with van der Waals surface area (Å²) in [4.78, 5) is 18.1. The average Bonchev–Trinajstić information content (AvgIpc) is 3.07. The second-order valence-corrected chi connectivity index (χ2v) is 7.57. The van der Waals surface area contributed by atoms with Crippen LogP contribution >= 0.6 is 11.6 Å². The number of nitrogens with zero attached hydrogens (tertiary/aromatic N) is 5. The van der Waals surface area contributed by atoms with Crippen LogP contribution in [0.2, 0.25) is 5.28 Å². The summed E-state index contributed by atoms with van der Waals surface area (Å²) in [6.45, 7) is 6.06. The van der Waals surface area contributed by atoms with E-state index in [2.05, 4.69) is 30.8 Å². The molecule has 0 spiro atoms. The molecule has 0 aliphatic carbocycles. The molecule has 0 saturated carbocycles. The Kier molecular flexibility index (Phi) is 4.59. The zero-order valence-corrected chi connectivity index (χ0v) is 15.9. The maximum atomic E-state index is 6.25. The van der Waals surface area contributed by atoms with Crippen LogP contribution in [-0.2, 0) is 11.3 Å². The molecule has 142 valence electrons. The number of likely N-dealkylation sites (tertiary alicyclic amines) is 1. The second-order valence-electron chi connectivity index (χ2n) is 7.23. The zero-order valence-electron chi connectivity index (χ0n) is 15.2. The number of piperidine rings is 1. The molecule has 2 aliphatic heterocycles. The van der Waals surface area contributed by atoms with E-state index < -0.39 is 0 Å². The molecular weight excluding hydrogens is 366 g/mol. The minimum Gasteiger partial charge on any atom is -0.432 e. The number of rotatable bonds is 3. The van der Waals surface area contributed by atoms with Crippen LogP contribution in [0.1, 0.15) is 24.8 Å². The summed E-state index contributed by atoms with van der Waals surface area (Å²) in [6, 6.07) is 2.13. The molecule has 0 atom stereocenters. The van der Waals surface area contributed by atoms with Crippen LogP contribution in [0.4, 0.5) is 5.82 Å². The first-order valence-electron chi connectivity index (χ1n) is 9.58. The summed E-state index contributed by atoms with van der Waals surface area (Å²) < 4.78 is 11.5. The number of pyridine rings is 1. The van der Waals surface area contributed by atoms with Crippen molar-refractivity contribution in [3.63, 3.8) is 0 Å². The van der Waals surface area contributed by atoms with Crippen molar-refractivity contribution in [2.24, 2.45) is 0 Å². The van der Waals surface area contributed by atoms with Crippen molar-refractivity contribution in [1.29, 1.82) is 0 Å². The molecule has 5 heterocycles. The minimum absolute atomic E-state index is 0.230. The Morgan fingerprint density at radius 2 is 1.85 bits per heavy atom. The SMILES string of the molecule is Clc1nc(N2CCOCC2)c2oc3ncc(CN4CCCCC4)cc3c2n1. The maximum Gasteiger partial charge on any atom is 0.229 e. The van der Waals surface area contributed by atoms with E-state index in [-0.39, 0.29) is 5.28 Å². The lowest BCUT2D eigenvalue weighted by Gasteiger charge is -2.27. The van der Waals surface area contributed by atoms with E-state index in [1.165, 1.54) is 24.8 Å². The minimum atomic E-state index is 0.230. The number of hydrogen-bond acceptors (Lipinski definition) is 7. The van der Waals surface area contributed by atoms with Gasteiger partial charge in [-0.3, -0.25) is 4.90 Å². The third-order valence-electron chi connectivity index (χ3n) is 5.35. The van der Waals surface area contributed by atoms with Crippen molar-refractivity contribution >= 4 is 39.6 Å². The molecule has 7 nitrogen and oxygen atoms in total. The molecule has 5 rings (SSSR count). The lowest BCUT2D eigenvalue weighted by Crippen LogP contribution is -2.36. The Labute approximate surface area is 162 Å². The molecule has 2 saturated heterocycles. The number of anilines is 1. The van der Waals surface area contributed by atoms with Crippen molar-refractivity contribution in [3.8, 4) is 0 Å². The van der Waals surface area contributed by atoms with Crippen molar-refractivity contribution < 1.29 is 9.15 Å². The highest BCUT2D eigenvalue weighted by Gasteiger charge is 2.22. The van der Waals surface area contributed by atoms with Crippen molar-refractivity contribution in [1.82, 2.24) is 19.9 Å². The van der Waals surface area contributed by atoms with Crippen molar-refractivity contribution in [2.45, 2.75) is 25.8 Å². The maximum absolute atomic E-state index is 6.25. The number of aromatic nitrogens is 3. The molecule has 3 aromatic heterocycles. The Hall–Kier alpha value is -1.96. The van der Waals surface area contributed by atoms with Gasteiger partial charge in [0, 0.05) is 25.8 Å². The first-order chi connectivity index (χ1) is 13.3. The molecule has 3 aromatic rings. The first-order valence-corrected chi connectivity index (χ1v) is 9.95. The van der Waals surface area contributed by atoms with Crippen LogP contribution in [0.3, 0.4) is 0 Å². The number of hydrogen-bond donors (Lipinski definition) is 0. The first kappa shape index (κ1) is 17.2. The van der Waals surface area contributed by atoms with Gasteiger partial charge in [-0.25, -0.2) is 9.97 Å². The van der Waals surface area contributed by atoms with Crippen LogP contribution in [-0.4, -0.2) is 59.2 Å². The van der Waals surface area contributed by atoms with E-state index in [9.17, 15) is 0 Å². The van der Waals surface area contributed by atoms with Gasteiger partial charge in [-0.05, 0) is 49.2 Å². The quantitative estimate of drug-likeness (QED) is 0.639. The largest absolute Gasteiger partial charge is 0.432 e. The van der Waals surface area contributed by atoms with Gasteiger partial charge in [0.25, 0.3) is 0 Å². The van der Waals surface area contributed by atoms with E-state index in [0.717, 1.165) is 49.4 Å². The number of morpholine rings is 1. The van der Waals surface area contributed by atoms with E-state index in [4.69, 9.17) is 20.8 Å². The molecule has 0 bridgehead atoms. The Balaban J connectivity index is 1.56. The molecule has 2 fully saturated rings. The third-order valence-corrected chi connectivity index (χ3v) is 5.52. The third kappa shape index (κ3) is 3.35. The standard InChI is InChI=1S/C19H22ClN5O2/c20-19-22-15-14-10-13(12-24-4-2-1-3-5-24)11-21-18(14)27-16(15)17(23-19)25-6-8-26-9-7-25/h10-11H,1-9,12H2. The van der Waals surface area contributed by atoms with Gasteiger partial charge < -0.3 is 14.1 Å². The second kappa shape index (κ2) is 7.22. The summed E-state index contributed by atoms with van der Waals surface area (Å²) in [5.74, 6) is 0.726. The van der Waals surface area contributed by atoms with Crippen LogP contribution in [0.5, 0.6) is 0 Å². The van der Waals surface area contributed by atoms with Gasteiger partial charge in [-0.1, -0.05) is 6.42 Å². The Morgan fingerprint density at radius 3 is 2.67 bits per heavy atom. The predicted octanol–water partition coefficient (Wildman–Crippen LogP) is 3.25. The topological polar surface area (TPSA) is 67.5 Å². The lowest BCUT2D eigenvalue weighted by molar-refractivity contribution is 0.122. The van der Waals surface area contributed by atoms with Gasteiger partial charge in [0.15, 0.2) is 11.4 Å². The molecule has 0 N–H and O–H groups in total. The predicted molar refractivity (Wildman–Crippen MR) is 104 cm³/mol.